The van der Waals surface area contributed by atoms with Crippen LogP contribution in [-0.2, 0) is 14.4 Å². The number of hydrogen-bond donors (Lipinski definition) is 3. The molecule has 0 aliphatic carbocycles. The average Bonchev–Trinajstić information content (AvgIpc) is 2.74. The molecule has 0 spiro atoms. The Bertz CT molecular complexity index is 763. The molecule has 0 saturated heterocycles. The number of fused-ring (bicyclic) bond motifs is 1. The molecule has 1 atom stereocenters. The van der Waals surface area contributed by atoms with Crippen LogP contribution in [0.1, 0.15) is 27.2 Å². The van der Waals surface area contributed by atoms with Gasteiger partial charge in [0.1, 0.15) is 37.4 Å². The standard InChI is InChI=1S/C17H26N2O4.C4H4O4/c1-4-17(21)19-7-8-22-16-6-5-14(9-15(16)19)23-11-13(20)10-18-12(2)3;5-3(6)1-2-4(7)8/h5-6,9,12-13,18,20H,4,7-8,10-11H2,1-3H3;1-2H,(H,5,6)(H,7,8)/b;2-1+. The number of hydrogen-bond acceptors (Lipinski definition) is 7. The molecule has 1 amide bonds. The molecule has 4 N–H and O–H groups in total. The summed E-state index contributed by atoms with van der Waals surface area (Å²) in [4.78, 5) is 32.7. The van der Waals surface area contributed by atoms with Crippen LogP contribution in [0, 0.1) is 0 Å². The van der Waals surface area contributed by atoms with Crippen LogP contribution in [0.25, 0.3) is 0 Å². The van der Waals surface area contributed by atoms with Crippen LogP contribution in [0.5, 0.6) is 11.5 Å². The Labute approximate surface area is 181 Å². The number of benzene rings is 1. The van der Waals surface area contributed by atoms with Gasteiger partial charge in [-0.25, -0.2) is 4.79 Å². The molecule has 172 valence electrons. The van der Waals surface area contributed by atoms with E-state index in [9.17, 15) is 24.6 Å². The fourth-order valence-corrected chi connectivity index (χ4v) is 2.57. The third kappa shape index (κ3) is 9.96. The number of aliphatic carboxylic acids is 2. The van der Waals surface area contributed by atoms with Crippen molar-refractivity contribution < 1.29 is 44.5 Å². The molecule has 1 aliphatic rings. The first-order valence-electron chi connectivity index (χ1n) is 9.97. The van der Waals surface area contributed by atoms with Crippen molar-refractivity contribution in [1.29, 1.82) is 0 Å². The molecule has 1 heterocycles. The molecule has 1 unspecified atom stereocenters. The van der Waals surface area contributed by atoms with Gasteiger partial charge in [0.15, 0.2) is 0 Å². The number of aliphatic hydroxyl groups excluding tert-OH is 1. The maximum atomic E-state index is 12.0. The minimum Gasteiger partial charge on any atom is -0.545 e. The number of quaternary nitrogens is 1. The molecule has 0 fully saturated rings. The second-order valence-electron chi connectivity index (χ2n) is 7.05. The number of aliphatic hydroxyl groups is 1. The third-order valence-corrected chi connectivity index (χ3v) is 4.08. The van der Waals surface area contributed by atoms with E-state index in [0.717, 1.165) is 5.69 Å². The molecule has 31 heavy (non-hydrogen) atoms. The first-order chi connectivity index (χ1) is 14.6. The van der Waals surface area contributed by atoms with Gasteiger partial charge < -0.3 is 39.8 Å². The molecule has 1 aromatic rings. The molecule has 0 aromatic heterocycles. The van der Waals surface area contributed by atoms with Gasteiger partial charge in [-0.2, -0.15) is 0 Å². The van der Waals surface area contributed by atoms with Gasteiger partial charge in [0.05, 0.1) is 24.2 Å². The van der Waals surface area contributed by atoms with E-state index in [1.54, 1.807) is 17.0 Å². The molecular formula is C21H30N2O8. The summed E-state index contributed by atoms with van der Waals surface area (Å²) in [5.41, 5.74) is 0.740. The zero-order valence-electron chi connectivity index (χ0n) is 17.9. The summed E-state index contributed by atoms with van der Waals surface area (Å²) in [5, 5.41) is 29.2. The van der Waals surface area contributed by atoms with Gasteiger partial charge in [-0.05, 0) is 32.1 Å². The summed E-state index contributed by atoms with van der Waals surface area (Å²) in [6.07, 6.45) is 0.865. The van der Waals surface area contributed by atoms with Gasteiger partial charge in [-0.1, -0.05) is 6.92 Å². The van der Waals surface area contributed by atoms with E-state index in [0.29, 0.717) is 55.8 Å². The lowest BCUT2D eigenvalue weighted by Crippen LogP contribution is -2.90. The average molecular weight is 438 g/mol. The number of carboxylic acids is 2. The molecule has 1 aliphatic heterocycles. The number of ether oxygens (including phenoxy) is 2. The van der Waals surface area contributed by atoms with Crippen LogP contribution >= 0.6 is 0 Å². The topological polar surface area (TPSA) is 153 Å². The van der Waals surface area contributed by atoms with Crippen LogP contribution in [0.2, 0.25) is 0 Å². The number of rotatable bonds is 9. The van der Waals surface area contributed by atoms with Crippen molar-refractivity contribution in [1.82, 2.24) is 0 Å². The van der Waals surface area contributed by atoms with Crippen molar-refractivity contribution in [2.45, 2.75) is 39.3 Å². The SMILES string of the molecule is CCC(=O)N1CCOc2ccc(OCC(O)C[NH2+]C(C)C)cc21.O=C([O-])/C=C/C(=O)O. The Morgan fingerprint density at radius 2 is 2.03 bits per heavy atom. The van der Waals surface area contributed by atoms with Gasteiger partial charge >= 0.3 is 5.97 Å². The lowest BCUT2D eigenvalue weighted by molar-refractivity contribution is -0.688. The van der Waals surface area contributed by atoms with Gasteiger partial charge in [0.25, 0.3) is 0 Å². The molecule has 2 rings (SSSR count). The first-order valence-corrected chi connectivity index (χ1v) is 9.97. The summed E-state index contributed by atoms with van der Waals surface area (Å²) < 4.78 is 11.3. The van der Waals surface area contributed by atoms with E-state index < -0.39 is 18.0 Å². The van der Waals surface area contributed by atoms with E-state index in [2.05, 4.69) is 19.2 Å². The van der Waals surface area contributed by atoms with Gasteiger partial charge in [0.2, 0.25) is 5.91 Å². The number of carbonyl (C=O) groups excluding carboxylic acids is 2. The molecule has 0 bridgehead atoms. The zero-order chi connectivity index (χ0) is 23.4. The maximum Gasteiger partial charge on any atom is 0.328 e. The molecule has 0 saturated carbocycles. The van der Waals surface area contributed by atoms with Crippen molar-refractivity contribution in [3.05, 3.63) is 30.4 Å². The molecule has 10 nitrogen and oxygen atoms in total. The maximum absolute atomic E-state index is 12.0. The predicted octanol–water partition coefficient (Wildman–Crippen LogP) is -1.09. The fraction of sp³-hybridized carbons (Fsp3) is 0.476. The Hall–Kier alpha value is -3.11. The predicted molar refractivity (Wildman–Crippen MR) is 110 cm³/mol. The largest absolute Gasteiger partial charge is 0.545 e. The Morgan fingerprint density at radius 3 is 2.58 bits per heavy atom. The second-order valence-corrected chi connectivity index (χ2v) is 7.05. The number of nitrogens with two attached hydrogens (primary N) is 1. The van der Waals surface area contributed by atoms with E-state index in [1.165, 1.54) is 0 Å². The van der Waals surface area contributed by atoms with E-state index >= 15 is 0 Å². The van der Waals surface area contributed by atoms with Crippen molar-refractivity contribution in [2.24, 2.45) is 0 Å². The summed E-state index contributed by atoms with van der Waals surface area (Å²) in [5.74, 6) is -1.41. The van der Waals surface area contributed by atoms with E-state index in [4.69, 9.17) is 14.6 Å². The monoisotopic (exact) mass is 438 g/mol. The Kier molecular flexibility index (Phi) is 11.1. The number of anilines is 1. The van der Waals surface area contributed by atoms with Crippen molar-refractivity contribution in [3.63, 3.8) is 0 Å². The van der Waals surface area contributed by atoms with Gasteiger partial charge in [-0.3, -0.25) is 4.79 Å². The van der Waals surface area contributed by atoms with E-state index in [-0.39, 0.29) is 12.5 Å². The summed E-state index contributed by atoms with van der Waals surface area (Å²) in [7, 11) is 0. The summed E-state index contributed by atoms with van der Waals surface area (Å²) in [6.45, 7) is 7.89. The van der Waals surface area contributed by atoms with Crippen LogP contribution in [0.3, 0.4) is 0 Å². The van der Waals surface area contributed by atoms with Crippen LogP contribution in [0.4, 0.5) is 5.69 Å². The van der Waals surface area contributed by atoms with Crippen molar-refractivity contribution in [3.8, 4) is 11.5 Å². The minimum absolute atomic E-state index is 0.0678. The molecule has 0 radical (unpaired) electrons. The number of nitrogens with zero attached hydrogens (tertiary/aromatic N) is 1. The Balaban J connectivity index is 0.000000512. The molecular weight excluding hydrogens is 408 g/mol. The van der Waals surface area contributed by atoms with Crippen molar-refractivity contribution in [2.75, 3.05) is 31.2 Å². The minimum atomic E-state index is -1.51. The van der Waals surface area contributed by atoms with Gasteiger partial charge in [-0.15, -0.1) is 0 Å². The lowest BCUT2D eigenvalue weighted by atomic mass is 10.2. The normalized spacial score (nSPS) is 13.6. The van der Waals surface area contributed by atoms with Crippen LogP contribution < -0.4 is 24.8 Å². The fourth-order valence-electron chi connectivity index (χ4n) is 2.57. The number of carbonyl (C=O) groups is 3. The van der Waals surface area contributed by atoms with Crippen LogP contribution in [0.15, 0.2) is 30.4 Å². The summed E-state index contributed by atoms with van der Waals surface area (Å²) in [6, 6.07) is 5.87. The quantitative estimate of drug-likeness (QED) is 0.411. The number of carboxylic acid groups (broad SMARTS) is 2. The number of amides is 1. The molecule has 10 heteroatoms. The lowest BCUT2D eigenvalue weighted by Gasteiger charge is -2.29. The third-order valence-electron chi connectivity index (χ3n) is 4.08. The Morgan fingerprint density at radius 1 is 1.32 bits per heavy atom. The first kappa shape index (κ1) is 25.9. The second kappa shape index (κ2) is 13.2. The molecule has 1 aromatic carbocycles. The van der Waals surface area contributed by atoms with Gasteiger partial charge in [0, 0.05) is 18.6 Å². The highest BCUT2D eigenvalue weighted by Crippen LogP contribution is 2.35. The van der Waals surface area contributed by atoms with E-state index in [1.807, 2.05) is 13.0 Å². The smallest absolute Gasteiger partial charge is 0.328 e. The highest BCUT2D eigenvalue weighted by atomic mass is 16.5. The van der Waals surface area contributed by atoms with Crippen molar-refractivity contribution >= 4 is 23.5 Å². The highest BCUT2D eigenvalue weighted by Gasteiger charge is 2.23. The van der Waals surface area contributed by atoms with Crippen LogP contribution in [-0.4, -0.2) is 66.5 Å². The highest BCUT2D eigenvalue weighted by molar-refractivity contribution is 5.95. The zero-order valence-corrected chi connectivity index (χ0v) is 17.9. The summed E-state index contributed by atoms with van der Waals surface area (Å²) >= 11 is 0.